The van der Waals surface area contributed by atoms with E-state index < -0.39 is 4.75 Å². The molecule has 2 heterocycles. The molecule has 0 saturated carbocycles. The lowest BCUT2D eigenvalue weighted by molar-refractivity contribution is -0.131. The van der Waals surface area contributed by atoms with Gasteiger partial charge in [-0.1, -0.05) is 23.9 Å². The number of anilines is 1. The minimum Gasteiger partial charge on any atom is -0.467 e. The van der Waals surface area contributed by atoms with Crippen LogP contribution < -0.4 is 10.2 Å². The van der Waals surface area contributed by atoms with Gasteiger partial charge in [0, 0.05) is 11.9 Å². The first-order valence-corrected chi connectivity index (χ1v) is 7.71. The number of carbonyl (C=O) groups excluding carboxylic acids is 2. The van der Waals surface area contributed by atoms with Gasteiger partial charge >= 0.3 is 0 Å². The summed E-state index contributed by atoms with van der Waals surface area (Å²) in [4.78, 5) is 27.7. The lowest BCUT2D eigenvalue weighted by Gasteiger charge is -2.36. The second-order valence-electron chi connectivity index (χ2n) is 5.23. The Kier molecular flexibility index (Phi) is 3.70. The van der Waals surface area contributed by atoms with E-state index in [4.69, 9.17) is 4.42 Å². The van der Waals surface area contributed by atoms with Crippen molar-refractivity contribution < 1.29 is 14.0 Å². The maximum Gasteiger partial charge on any atom is 0.252 e. The molecule has 5 nitrogen and oxygen atoms in total. The van der Waals surface area contributed by atoms with E-state index in [0.717, 1.165) is 10.6 Å². The van der Waals surface area contributed by atoms with Gasteiger partial charge in [0.1, 0.15) is 5.76 Å². The number of thioether (sulfide) groups is 1. The predicted molar refractivity (Wildman–Crippen MR) is 84.7 cm³/mol. The third kappa shape index (κ3) is 2.39. The summed E-state index contributed by atoms with van der Waals surface area (Å²) in [5, 5.41) is 2.78. The number of hydrogen-bond acceptors (Lipinski definition) is 4. The Morgan fingerprint density at radius 3 is 2.82 bits per heavy atom. The Morgan fingerprint density at radius 1 is 1.32 bits per heavy atom. The van der Waals surface area contributed by atoms with E-state index in [1.165, 1.54) is 16.7 Å². The minimum atomic E-state index is -1.18. The van der Waals surface area contributed by atoms with Crippen LogP contribution in [0.25, 0.3) is 0 Å². The van der Waals surface area contributed by atoms with E-state index in [1.807, 2.05) is 24.3 Å². The topological polar surface area (TPSA) is 62.6 Å². The van der Waals surface area contributed by atoms with Crippen LogP contribution in [-0.2, 0) is 16.1 Å². The summed E-state index contributed by atoms with van der Waals surface area (Å²) in [6, 6.07) is 11.1. The molecular formula is C16H16N2O3S. The van der Waals surface area contributed by atoms with Gasteiger partial charge in [-0.15, -0.1) is 0 Å². The molecule has 0 bridgehead atoms. The lowest BCUT2D eigenvalue weighted by Crippen LogP contribution is -2.55. The Balaban J connectivity index is 1.82. The van der Waals surface area contributed by atoms with E-state index in [0.29, 0.717) is 5.76 Å². The summed E-state index contributed by atoms with van der Waals surface area (Å²) < 4.78 is 4.01. The van der Waals surface area contributed by atoms with Crippen LogP contribution in [0.1, 0.15) is 12.7 Å². The van der Waals surface area contributed by atoms with Crippen LogP contribution >= 0.6 is 11.8 Å². The largest absolute Gasteiger partial charge is 0.467 e. The van der Waals surface area contributed by atoms with Crippen molar-refractivity contribution in [2.45, 2.75) is 23.1 Å². The van der Waals surface area contributed by atoms with E-state index in [1.54, 1.807) is 32.4 Å². The highest BCUT2D eigenvalue weighted by Gasteiger charge is 2.48. The first kappa shape index (κ1) is 14.7. The zero-order valence-corrected chi connectivity index (χ0v) is 13.1. The fourth-order valence-corrected chi connectivity index (χ4v) is 3.69. The van der Waals surface area contributed by atoms with Crippen molar-refractivity contribution in [3.05, 3.63) is 48.4 Å². The number of amides is 2. The Bertz CT molecular complexity index is 714. The molecule has 114 valence electrons. The second-order valence-corrected chi connectivity index (χ2v) is 6.69. The van der Waals surface area contributed by atoms with Crippen LogP contribution in [0, 0.1) is 0 Å². The third-order valence-corrected chi connectivity index (χ3v) is 5.02. The number of nitrogens with zero attached hydrogens (tertiary/aromatic N) is 1. The van der Waals surface area contributed by atoms with Gasteiger partial charge in [-0.3, -0.25) is 9.59 Å². The van der Waals surface area contributed by atoms with Gasteiger partial charge in [0.05, 0.1) is 18.5 Å². The van der Waals surface area contributed by atoms with Crippen molar-refractivity contribution in [3.8, 4) is 0 Å². The van der Waals surface area contributed by atoms with E-state index >= 15 is 0 Å². The zero-order valence-electron chi connectivity index (χ0n) is 12.3. The normalized spacial score (nSPS) is 20.6. The van der Waals surface area contributed by atoms with Crippen molar-refractivity contribution in [3.63, 3.8) is 0 Å². The van der Waals surface area contributed by atoms with Gasteiger partial charge in [0.2, 0.25) is 5.91 Å². The van der Waals surface area contributed by atoms with E-state index in [9.17, 15) is 9.59 Å². The molecule has 22 heavy (non-hydrogen) atoms. The highest BCUT2D eigenvalue weighted by atomic mass is 32.2. The highest BCUT2D eigenvalue weighted by Crippen LogP contribution is 2.44. The third-order valence-electron chi connectivity index (χ3n) is 3.69. The summed E-state index contributed by atoms with van der Waals surface area (Å²) in [6.45, 7) is 1.92. The zero-order chi connectivity index (χ0) is 15.7. The molecule has 3 rings (SSSR count). The molecule has 0 fully saturated rings. The molecule has 0 aliphatic carbocycles. The number of para-hydroxylation sites is 1. The van der Waals surface area contributed by atoms with Gasteiger partial charge in [-0.25, -0.2) is 0 Å². The van der Waals surface area contributed by atoms with Crippen LogP contribution in [0.4, 0.5) is 5.69 Å². The fraction of sp³-hybridized carbons (Fsp3) is 0.250. The Morgan fingerprint density at radius 2 is 2.09 bits per heavy atom. The van der Waals surface area contributed by atoms with Crippen molar-refractivity contribution in [1.29, 1.82) is 0 Å². The molecule has 0 spiro atoms. The van der Waals surface area contributed by atoms with E-state index in [2.05, 4.69) is 5.32 Å². The molecular weight excluding hydrogens is 300 g/mol. The number of nitrogens with one attached hydrogen (secondary N) is 1. The summed E-state index contributed by atoms with van der Waals surface area (Å²) in [5.74, 6) is 0.104. The van der Waals surface area contributed by atoms with Crippen LogP contribution in [0.5, 0.6) is 0 Å². The average Bonchev–Trinajstić information content (AvgIpc) is 3.04. The van der Waals surface area contributed by atoms with Crippen LogP contribution in [0.2, 0.25) is 0 Å². The molecule has 1 aliphatic heterocycles. The van der Waals surface area contributed by atoms with Crippen molar-refractivity contribution in [2.75, 3.05) is 11.9 Å². The molecule has 0 saturated heterocycles. The number of furan rings is 1. The summed E-state index contributed by atoms with van der Waals surface area (Å²) in [5.41, 5.74) is 0.828. The minimum absolute atomic E-state index is 0.229. The first-order valence-electron chi connectivity index (χ1n) is 6.89. The SMILES string of the molecule is CN1C(=O)C(C)(C(=O)NCc2ccco2)Sc2ccccc21. The first-order chi connectivity index (χ1) is 10.5. The molecule has 1 N–H and O–H groups in total. The summed E-state index contributed by atoms with van der Waals surface area (Å²) >= 11 is 1.28. The maximum atomic E-state index is 12.6. The number of benzene rings is 1. The van der Waals surface area contributed by atoms with Crippen LogP contribution in [0.15, 0.2) is 52.0 Å². The smallest absolute Gasteiger partial charge is 0.252 e. The second kappa shape index (κ2) is 5.53. The molecule has 2 amide bonds. The van der Waals surface area contributed by atoms with Gasteiger partial charge in [0.15, 0.2) is 4.75 Å². The highest BCUT2D eigenvalue weighted by molar-refractivity contribution is 8.02. The van der Waals surface area contributed by atoms with Crippen LogP contribution in [0.3, 0.4) is 0 Å². The number of carbonyl (C=O) groups is 2. The Hall–Kier alpha value is -2.21. The fourth-order valence-electron chi connectivity index (χ4n) is 2.41. The van der Waals surface area contributed by atoms with Gasteiger partial charge in [-0.2, -0.15) is 0 Å². The molecule has 1 unspecified atom stereocenters. The average molecular weight is 316 g/mol. The van der Waals surface area contributed by atoms with Crippen molar-refractivity contribution in [2.24, 2.45) is 0 Å². The lowest BCUT2D eigenvalue weighted by atomic mass is 10.1. The van der Waals surface area contributed by atoms with Gasteiger partial charge in [0.25, 0.3) is 5.91 Å². The van der Waals surface area contributed by atoms with Crippen LogP contribution in [-0.4, -0.2) is 23.6 Å². The molecule has 1 aliphatic rings. The van der Waals surface area contributed by atoms with Crippen molar-refractivity contribution >= 4 is 29.3 Å². The van der Waals surface area contributed by atoms with Gasteiger partial charge in [-0.05, 0) is 31.2 Å². The molecule has 0 radical (unpaired) electrons. The molecule has 2 aromatic rings. The summed E-state index contributed by atoms with van der Waals surface area (Å²) in [6.07, 6.45) is 1.55. The predicted octanol–water partition coefficient (Wildman–Crippen LogP) is 2.42. The van der Waals surface area contributed by atoms with Gasteiger partial charge < -0.3 is 14.6 Å². The monoisotopic (exact) mass is 316 g/mol. The summed E-state index contributed by atoms with van der Waals surface area (Å²) in [7, 11) is 1.69. The van der Waals surface area contributed by atoms with E-state index in [-0.39, 0.29) is 18.4 Å². The quantitative estimate of drug-likeness (QED) is 0.883. The standard InChI is InChI=1S/C16H16N2O3S/c1-16(14(19)17-10-11-6-5-9-21-11)15(20)18(2)12-7-3-4-8-13(12)22-16/h3-9H,10H2,1-2H3,(H,17,19). The van der Waals surface area contributed by atoms with Crippen molar-refractivity contribution in [1.82, 2.24) is 5.32 Å². The molecule has 1 aromatic heterocycles. The molecule has 1 atom stereocenters. The number of rotatable bonds is 3. The molecule has 6 heteroatoms. The number of hydrogen-bond donors (Lipinski definition) is 1. The number of fused-ring (bicyclic) bond motifs is 1. The Labute approximate surface area is 132 Å². The molecule has 1 aromatic carbocycles. The maximum absolute atomic E-state index is 12.6.